The molecule has 2 aliphatic rings. The molecule has 0 radical (unpaired) electrons. The van der Waals surface area contributed by atoms with E-state index in [2.05, 4.69) is 0 Å². The van der Waals surface area contributed by atoms with Crippen molar-refractivity contribution in [2.75, 3.05) is 46.0 Å². The summed E-state index contributed by atoms with van der Waals surface area (Å²) in [5, 5.41) is 0. The van der Waals surface area contributed by atoms with Gasteiger partial charge in [0.15, 0.2) is 0 Å². The molecule has 1 aromatic rings. The van der Waals surface area contributed by atoms with Gasteiger partial charge in [-0.25, -0.2) is 16.8 Å². The summed E-state index contributed by atoms with van der Waals surface area (Å²) in [5.74, 6) is -0.579. The molecule has 0 unspecified atom stereocenters. The average Bonchev–Trinajstić information content (AvgIpc) is 2.74. The maximum atomic E-state index is 12.9. The number of esters is 1. The molecule has 162 valence electrons. The van der Waals surface area contributed by atoms with Gasteiger partial charge in [0.1, 0.15) is 0 Å². The van der Waals surface area contributed by atoms with Crippen LogP contribution >= 0.6 is 0 Å². The van der Waals surface area contributed by atoms with Crippen LogP contribution in [-0.4, -0.2) is 77.4 Å². The number of hydrogen-bond donors (Lipinski definition) is 0. The minimum atomic E-state index is -3.76. The normalized spacial score (nSPS) is 20.4. The van der Waals surface area contributed by atoms with E-state index >= 15 is 0 Å². The van der Waals surface area contributed by atoms with Gasteiger partial charge in [-0.15, -0.1) is 0 Å². The van der Waals surface area contributed by atoms with Crippen molar-refractivity contribution in [3.8, 4) is 0 Å². The van der Waals surface area contributed by atoms with Gasteiger partial charge in [0.05, 0.1) is 35.5 Å². The van der Waals surface area contributed by atoms with Crippen LogP contribution < -0.4 is 0 Å². The first-order chi connectivity index (χ1) is 13.8. The van der Waals surface area contributed by atoms with Gasteiger partial charge in [0.25, 0.3) is 0 Å². The lowest BCUT2D eigenvalue weighted by Gasteiger charge is -2.30. The first-order valence-electron chi connectivity index (χ1n) is 9.61. The van der Waals surface area contributed by atoms with Crippen LogP contribution in [0.5, 0.6) is 0 Å². The molecule has 2 saturated heterocycles. The van der Waals surface area contributed by atoms with Crippen molar-refractivity contribution in [1.82, 2.24) is 8.61 Å². The summed E-state index contributed by atoms with van der Waals surface area (Å²) in [4.78, 5) is 11.9. The van der Waals surface area contributed by atoms with Crippen LogP contribution in [0.25, 0.3) is 0 Å². The molecule has 2 heterocycles. The molecule has 11 heteroatoms. The maximum absolute atomic E-state index is 12.9. The van der Waals surface area contributed by atoms with Crippen molar-refractivity contribution in [2.24, 2.45) is 5.92 Å². The predicted molar refractivity (Wildman–Crippen MR) is 104 cm³/mol. The smallest absolute Gasteiger partial charge is 0.309 e. The molecule has 0 saturated carbocycles. The van der Waals surface area contributed by atoms with E-state index in [0.29, 0.717) is 32.7 Å². The Morgan fingerprint density at radius 3 is 1.83 bits per heavy atom. The molecule has 0 atom stereocenters. The number of carbonyl (C=O) groups is 1. The largest absolute Gasteiger partial charge is 0.466 e. The van der Waals surface area contributed by atoms with Crippen molar-refractivity contribution in [3.05, 3.63) is 24.3 Å². The van der Waals surface area contributed by atoms with Gasteiger partial charge >= 0.3 is 5.97 Å². The van der Waals surface area contributed by atoms with Crippen LogP contribution in [0.4, 0.5) is 0 Å². The summed E-state index contributed by atoms with van der Waals surface area (Å²) < 4.78 is 64.0. The Morgan fingerprint density at radius 2 is 1.38 bits per heavy atom. The van der Waals surface area contributed by atoms with Crippen LogP contribution in [0.1, 0.15) is 19.8 Å². The van der Waals surface area contributed by atoms with Crippen LogP contribution in [-0.2, 0) is 34.3 Å². The summed E-state index contributed by atoms with van der Waals surface area (Å²) >= 11 is 0. The van der Waals surface area contributed by atoms with Crippen molar-refractivity contribution >= 4 is 26.0 Å². The molecule has 2 fully saturated rings. The monoisotopic (exact) mass is 446 g/mol. The molecular weight excluding hydrogens is 420 g/mol. The lowest BCUT2D eigenvalue weighted by atomic mass is 9.98. The number of carbonyl (C=O) groups excluding carboxylic acids is 1. The predicted octanol–water partition coefficient (Wildman–Crippen LogP) is 0.671. The summed E-state index contributed by atoms with van der Waals surface area (Å²) in [6.07, 6.45) is 0.809. The molecule has 29 heavy (non-hydrogen) atoms. The van der Waals surface area contributed by atoms with Crippen molar-refractivity contribution < 1.29 is 31.1 Å². The van der Waals surface area contributed by atoms with Crippen molar-refractivity contribution in [3.63, 3.8) is 0 Å². The quantitative estimate of drug-likeness (QED) is 0.591. The minimum absolute atomic E-state index is 0.0352. The highest BCUT2D eigenvalue weighted by atomic mass is 32.2. The van der Waals surface area contributed by atoms with E-state index in [1.54, 1.807) is 6.92 Å². The zero-order valence-electron chi connectivity index (χ0n) is 16.3. The first kappa shape index (κ1) is 22.2. The van der Waals surface area contributed by atoms with E-state index < -0.39 is 20.0 Å². The standard InChI is InChI=1S/C18H26N2O7S2/c1-2-27-18(21)15-7-9-19(10-8-15)28(22,23)16-3-5-17(6-4-16)29(24,25)20-11-13-26-14-12-20/h3-6,15H,2,7-14H2,1H3. The summed E-state index contributed by atoms with van der Waals surface area (Å²) in [6, 6.07) is 5.28. The number of ether oxygens (including phenoxy) is 2. The second-order valence-corrected chi connectivity index (χ2v) is 10.8. The summed E-state index contributed by atoms with van der Waals surface area (Å²) in [7, 11) is -7.44. The molecule has 9 nitrogen and oxygen atoms in total. The van der Waals surface area contributed by atoms with Gasteiger partial charge in [-0.3, -0.25) is 4.79 Å². The van der Waals surface area contributed by atoms with E-state index in [1.165, 1.54) is 32.9 Å². The van der Waals surface area contributed by atoms with Gasteiger partial charge in [-0.1, -0.05) is 0 Å². The second kappa shape index (κ2) is 9.09. The SMILES string of the molecule is CCOC(=O)C1CCN(S(=O)(=O)c2ccc(S(=O)(=O)N3CCOCC3)cc2)CC1. The van der Waals surface area contributed by atoms with Crippen molar-refractivity contribution in [2.45, 2.75) is 29.6 Å². The first-order valence-corrected chi connectivity index (χ1v) is 12.5. The van der Waals surface area contributed by atoms with E-state index in [0.717, 1.165) is 0 Å². The second-order valence-electron chi connectivity index (χ2n) is 6.92. The van der Waals surface area contributed by atoms with E-state index in [4.69, 9.17) is 9.47 Å². The molecular formula is C18H26N2O7S2. The number of morpholine rings is 1. The number of hydrogen-bond acceptors (Lipinski definition) is 7. The topological polar surface area (TPSA) is 110 Å². The zero-order chi connectivity index (χ0) is 21.1. The fraction of sp³-hybridized carbons (Fsp3) is 0.611. The van der Waals surface area contributed by atoms with Gasteiger partial charge in [0.2, 0.25) is 20.0 Å². The summed E-state index contributed by atoms with van der Waals surface area (Å²) in [6.45, 7) is 3.72. The Kier molecular flexibility index (Phi) is 6.94. The van der Waals surface area contributed by atoms with Gasteiger partial charge in [0, 0.05) is 26.2 Å². The Balaban J connectivity index is 1.70. The van der Waals surface area contributed by atoms with Crippen LogP contribution in [0.2, 0.25) is 0 Å². The summed E-state index contributed by atoms with van der Waals surface area (Å²) in [5.41, 5.74) is 0. The Labute approximate surface area is 171 Å². The number of rotatable bonds is 6. The minimum Gasteiger partial charge on any atom is -0.466 e. The van der Waals surface area contributed by atoms with Gasteiger partial charge in [-0.05, 0) is 44.0 Å². The van der Waals surface area contributed by atoms with E-state index in [9.17, 15) is 21.6 Å². The lowest BCUT2D eigenvalue weighted by molar-refractivity contribution is -0.149. The molecule has 0 aromatic heterocycles. The molecule has 0 amide bonds. The number of benzene rings is 1. The van der Waals surface area contributed by atoms with Crippen LogP contribution in [0.3, 0.4) is 0 Å². The Bertz CT molecular complexity index is 915. The van der Waals surface area contributed by atoms with E-state index in [1.807, 2.05) is 0 Å². The van der Waals surface area contributed by atoms with Gasteiger partial charge < -0.3 is 9.47 Å². The third-order valence-electron chi connectivity index (χ3n) is 5.14. The lowest BCUT2D eigenvalue weighted by Crippen LogP contribution is -2.41. The maximum Gasteiger partial charge on any atom is 0.309 e. The number of sulfonamides is 2. The molecule has 0 aliphatic carbocycles. The Morgan fingerprint density at radius 1 is 0.931 bits per heavy atom. The van der Waals surface area contributed by atoms with E-state index in [-0.39, 0.29) is 47.9 Å². The molecule has 3 rings (SSSR count). The third-order valence-corrected chi connectivity index (χ3v) is 8.97. The highest BCUT2D eigenvalue weighted by Gasteiger charge is 2.33. The molecule has 0 N–H and O–H groups in total. The molecule has 1 aromatic carbocycles. The van der Waals surface area contributed by atoms with Gasteiger partial charge in [-0.2, -0.15) is 8.61 Å². The zero-order valence-corrected chi connectivity index (χ0v) is 18.0. The molecule has 2 aliphatic heterocycles. The number of piperidine rings is 1. The molecule has 0 bridgehead atoms. The highest BCUT2D eigenvalue weighted by Crippen LogP contribution is 2.26. The fourth-order valence-corrected chi connectivity index (χ4v) is 6.34. The Hall–Kier alpha value is -1.53. The molecule has 0 spiro atoms. The number of nitrogens with zero attached hydrogens (tertiary/aromatic N) is 2. The fourth-order valence-electron chi connectivity index (χ4n) is 3.46. The van der Waals surface area contributed by atoms with Crippen molar-refractivity contribution in [1.29, 1.82) is 0 Å². The van der Waals surface area contributed by atoms with Crippen LogP contribution in [0, 0.1) is 5.92 Å². The third kappa shape index (κ3) is 4.80. The average molecular weight is 447 g/mol. The highest BCUT2D eigenvalue weighted by molar-refractivity contribution is 7.89. The van der Waals surface area contributed by atoms with Crippen LogP contribution in [0.15, 0.2) is 34.1 Å².